The molecule has 1 aliphatic rings. The Morgan fingerprint density at radius 1 is 1.56 bits per heavy atom. The summed E-state index contributed by atoms with van der Waals surface area (Å²) in [5.74, 6) is 0. The van der Waals surface area contributed by atoms with Crippen molar-refractivity contribution in [3.05, 3.63) is 16.1 Å². The molecule has 0 spiro atoms. The van der Waals surface area contributed by atoms with E-state index < -0.39 is 0 Å². The van der Waals surface area contributed by atoms with Gasteiger partial charge in [0.25, 0.3) is 0 Å². The zero-order chi connectivity index (χ0) is 11.6. The summed E-state index contributed by atoms with van der Waals surface area (Å²) in [6, 6.07) is 0.814. The van der Waals surface area contributed by atoms with Gasteiger partial charge in [-0.2, -0.15) is 0 Å². The zero-order valence-corrected chi connectivity index (χ0v) is 11.4. The Kier molecular flexibility index (Phi) is 3.65. The largest absolute Gasteiger partial charge is 0.313 e. The topological polar surface area (TPSA) is 24.9 Å². The van der Waals surface area contributed by atoms with Crippen LogP contribution in [-0.4, -0.2) is 17.6 Å². The van der Waals surface area contributed by atoms with Crippen molar-refractivity contribution < 1.29 is 0 Å². The van der Waals surface area contributed by atoms with Crippen LogP contribution in [0.3, 0.4) is 0 Å². The SMILES string of the molecule is CCC(C)(CNC1CC1)Cc1cnc(C)s1. The van der Waals surface area contributed by atoms with Crippen molar-refractivity contribution in [3.63, 3.8) is 0 Å². The van der Waals surface area contributed by atoms with Gasteiger partial charge in [-0.25, -0.2) is 4.98 Å². The second-order valence-corrected chi connectivity index (χ2v) is 6.66. The molecule has 0 radical (unpaired) electrons. The minimum atomic E-state index is 0.390. The quantitative estimate of drug-likeness (QED) is 0.823. The molecule has 1 N–H and O–H groups in total. The van der Waals surface area contributed by atoms with E-state index in [1.54, 1.807) is 0 Å². The van der Waals surface area contributed by atoms with E-state index in [0.717, 1.165) is 19.0 Å². The second kappa shape index (κ2) is 4.84. The maximum Gasteiger partial charge on any atom is 0.0896 e. The van der Waals surface area contributed by atoms with Crippen LogP contribution in [0.15, 0.2) is 6.20 Å². The lowest BCUT2D eigenvalue weighted by Gasteiger charge is -2.28. The van der Waals surface area contributed by atoms with Gasteiger partial charge < -0.3 is 5.32 Å². The lowest BCUT2D eigenvalue weighted by atomic mass is 9.83. The van der Waals surface area contributed by atoms with Crippen LogP contribution in [0.4, 0.5) is 0 Å². The van der Waals surface area contributed by atoms with Crippen LogP contribution in [0.5, 0.6) is 0 Å². The maximum absolute atomic E-state index is 4.34. The van der Waals surface area contributed by atoms with Gasteiger partial charge in [-0.15, -0.1) is 11.3 Å². The highest BCUT2D eigenvalue weighted by atomic mass is 32.1. The number of nitrogens with one attached hydrogen (secondary N) is 1. The summed E-state index contributed by atoms with van der Waals surface area (Å²) in [7, 11) is 0. The van der Waals surface area contributed by atoms with E-state index in [4.69, 9.17) is 0 Å². The van der Waals surface area contributed by atoms with E-state index in [9.17, 15) is 0 Å². The molecule has 1 fully saturated rings. The van der Waals surface area contributed by atoms with Gasteiger partial charge in [-0.05, 0) is 38.0 Å². The summed E-state index contributed by atoms with van der Waals surface area (Å²) in [6.45, 7) is 7.91. The third-order valence-electron chi connectivity index (χ3n) is 3.52. The molecule has 90 valence electrons. The fourth-order valence-electron chi connectivity index (χ4n) is 1.90. The molecule has 2 nitrogen and oxygen atoms in total. The van der Waals surface area contributed by atoms with Crippen molar-refractivity contribution in [2.45, 2.75) is 52.5 Å². The monoisotopic (exact) mass is 238 g/mol. The Labute approximate surface area is 102 Å². The van der Waals surface area contributed by atoms with E-state index in [-0.39, 0.29) is 0 Å². The molecule has 0 bridgehead atoms. The molecule has 1 aromatic rings. The average Bonchev–Trinajstić information content (AvgIpc) is 3.01. The molecule has 1 atom stereocenters. The third kappa shape index (κ3) is 3.29. The lowest BCUT2D eigenvalue weighted by Crippen LogP contribution is -2.34. The van der Waals surface area contributed by atoms with Gasteiger partial charge >= 0.3 is 0 Å². The maximum atomic E-state index is 4.34. The Bertz CT molecular complexity index is 343. The second-order valence-electron chi connectivity index (χ2n) is 5.34. The van der Waals surface area contributed by atoms with E-state index in [1.165, 1.54) is 29.1 Å². The van der Waals surface area contributed by atoms with Gasteiger partial charge in [0.2, 0.25) is 0 Å². The summed E-state index contributed by atoms with van der Waals surface area (Å²) in [6.07, 6.45) is 7.18. The molecule has 3 heteroatoms. The Hall–Kier alpha value is -0.410. The minimum absolute atomic E-state index is 0.390. The van der Waals surface area contributed by atoms with Gasteiger partial charge in [0, 0.05) is 23.7 Å². The van der Waals surface area contributed by atoms with Gasteiger partial charge in [-0.1, -0.05) is 13.8 Å². The summed E-state index contributed by atoms with van der Waals surface area (Å²) in [5, 5.41) is 4.84. The van der Waals surface area contributed by atoms with Gasteiger partial charge in [0.1, 0.15) is 0 Å². The molecule has 0 saturated heterocycles. The van der Waals surface area contributed by atoms with Crippen LogP contribution in [0.1, 0.15) is 43.0 Å². The zero-order valence-electron chi connectivity index (χ0n) is 10.5. The number of nitrogens with zero attached hydrogens (tertiary/aromatic N) is 1. The Morgan fingerprint density at radius 3 is 2.81 bits per heavy atom. The number of aromatic nitrogens is 1. The number of rotatable bonds is 6. The first kappa shape index (κ1) is 12.1. The van der Waals surface area contributed by atoms with Crippen LogP contribution >= 0.6 is 11.3 Å². The van der Waals surface area contributed by atoms with Crippen LogP contribution < -0.4 is 5.32 Å². The first-order valence-corrected chi connectivity index (χ1v) is 7.08. The average molecular weight is 238 g/mol. The molecule has 0 aromatic carbocycles. The smallest absolute Gasteiger partial charge is 0.0896 e. The molecule has 1 heterocycles. The highest BCUT2D eigenvalue weighted by Crippen LogP contribution is 2.30. The third-order valence-corrected chi connectivity index (χ3v) is 4.43. The molecule has 0 amide bonds. The van der Waals surface area contributed by atoms with E-state index >= 15 is 0 Å². The van der Waals surface area contributed by atoms with Crippen LogP contribution in [0, 0.1) is 12.3 Å². The summed E-state index contributed by atoms with van der Waals surface area (Å²) in [4.78, 5) is 5.77. The molecule has 1 saturated carbocycles. The van der Waals surface area contributed by atoms with Gasteiger partial charge in [0.05, 0.1) is 5.01 Å². The molecule has 16 heavy (non-hydrogen) atoms. The molecule has 1 aliphatic carbocycles. The molecule has 2 rings (SSSR count). The molecule has 0 aliphatic heterocycles. The van der Waals surface area contributed by atoms with Crippen LogP contribution in [-0.2, 0) is 6.42 Å². The first-order chi connectivity index (χ1) is 7.61. The van der Waals surface area contributed by atoms with E-state index in [1.807, 2.05) is 17.5 Å². The van der Waals surface area contributed by atoms with Crippen molar-refractivity contribution in [3.8, 4) is 0 Å². The van der Waals surface area contributed by atoms with E-state index in [2.05, 4.69) is 31.1 Å². The Morgan fingerprint density at radius 2 is 2.31 bits per heavy atom. The fourth-order valence-corrected chi connectivity index (χ4v) is 2.91. The van der Waals surface area contributed by atoms with Crippen molar-refractivity contribution in [2.75, 3.05) is 6.54 Å². The summed E-state index contributed by atoms with van der Waals surface area (Å²) >= 11 is 1.84. The standard InChI is InChI=1S/C13H22N2S/c1-4-13(3,9-15-11-5-6-11)7-12-8-14-10(2)16-12/h8,11,15H,4-7,9H2,1-3H3. The van der Waals surface area contributed by atoms with Crippen LogP contribution in [0.2, 0.25) is 0 Å². The first-order valence-electron chi connectivity index (χ1n) is 6.26. The van der Waals surface area contributed by atoms with Crippen molar-refractivity contribution in [2.24, 2.45) is 5.41 Å². The van der Waals surface area contributed by atoms with Crippen molar-refractivity contribution >= 4 is 11.3 Å². The van der Waals surface area contributed by atoms with Crippen molar-refractivity contribution in [1.29, 1.82) is 0 Å². The number of thiazole rings is 1. The Balaban J connectivity index is 1.91. The van der Waals surface area contributed by atoms with Crippen molar-refractivity contribution in [1.82, 2.24) is 10.3 Å². The molecule has 1 unspecified atom stereocenters. The van der Waals surface area contributed by atoms with E-state index in [0.29, 0.717) is 5.41 Å². The predicted octanol–water partition coefficient (Wildman–Crippen LogP) is 3.16. The minimum Gasteiger partial charge on any atom is -0.313 e. The number of hydrogen-bond acceptors (Lipinski definition) is 3. The molecule has 1 aromatic heterocycles. The predicted molar refractivity (Wildman–Crippen MR) is 70.0 cm³/mol. The molecular weight excluding hydrogens is 216 g/mol. The molecular formula is C13H22N2S. The number of aryl methyl sites for hydroxylation is 1. The van der Waals surface area contributed by atoms with Gasteiger partial charge in [0.15, 0.2) is 0 Å². The fraction of sp³-hybridized carbons (Fsp3) is 0.769. The summed E-state index contributed by atoms with van der Waals surface area (Å²) in [5.41, 5.74) is 0.390. The highest BCUT2D eigenvalue weighted by Gasteiger charge is 2.27. The normalized spacial score (nSPS) is 19.7. The van der Waals surface area contributed by atoms with Crippen LogP contribution in [0.25, 0.3) is 0 Å². The van der Waals surface area contributed by atoms with Gasteiger partial charge in [-0.3, -0.25) is 0 Å². The summed E-state index contributed by atoms with van der Waals surface area (Å²) < 4.78 is 0. The number of hydrogen-bond donors (Lipinski definition) is 1. The lowest BCUT2D eigenvalue weighted by molar-refractivity contribution is 0.291. The highest BCUT2D eigenvalue weighted by molar-refractivity contribution is 7.11.